The number of benzene rings is 1. The molecule has 0 saturated heterocycles. The molecule has 1 aromatic carbocycles. The highest BCUT2D eigenvalue weighted by molar-refractivity contribution is 7.15. The third kappa shape index (κ3) is 7.08. The van der Waals surface area contributed by atoms with Crippen LogP contribution in [0.5, 0.6) is 0 Å². The number of nitrogens with one attached hydrogen (secondary N) is 4. The Hall–Kier alpha value is -3.34. The molecule has 0 aliphatic heterocycles. The van der Waals surface area contributed by atoms with Gasteiger partial charge in [0.2, 0.25) is 0 Å². The van der Waals surface area contributed by atoms with Crippen molar-refractivity contribution in [2.75, 3.05) is 17.2 Å². The van der Waals surface area contributed by atoms with Gasteiger partial charge in [-0.05, 0) is 64.7 Å². The number of ether oxygens (including phenoxy) is 1. The molecule has 0 bridgehead atoms. The molecule has 34 heavy (non-hydrogen) atoms. The van der Waals surface area contributed by atoms with Crippen molar-refractivity contribution in [3.63, 3.8) is 0 Å². The second-order valence-corrected chi connectivity index (χ2v) is 9.45. The molecule has 1 saturated carbocycles. The highest BCUT2D eigenvalue weighted by atomic mass is 32.1. The van der Waals surface area contributed by atoms with Crippen LogP contribution >= 0.6 is 11.3 Å². The van der Waals surface area contributed by atoms with Crippen LogP contribution < -0.4 is 21.3 Å². The molecular formula is C23H31N5O5S. The molecule has 184 valence electrons. The predicted octanol–water partition coefficient (Wildman–Crippen LogP) is 5.20. The van der Waals surface area contributed by atoms with Gasteiger partial charge in [0.15, 0.2) is 0 Å². The van der Waals surface area contributed by atoms with E-state index in [0.29, 0.717) is 17.9 Å². The van der Waals surface area contributed by atoms with Crippen LogP contribution in [-0.4, -0.2) is 47.0 Å². The fourth-order valence-electron chi connectivity index (χ4n) is 3.89. The Morgan fingerprint density at radius 3 is 2.56 bits per heavy atom. The molecule has 3 rings (SSSR count). The van der Waals surface area contributed by atoms with E-state index < -0.39 is 12.2 Å². The van der Waals surface area contributed by atoms with Crippen LogP contribution in [0, 0.1) is 0 Å². The number of carbonyl (C=O) groups excluding carboxylic acids is 2. The largest absolute Gasteiger partial charge is 0.465 e. The maximum atomic E-state index is 12.2. The summed E-state index contributed by atoms with van der Waals surface area (Å²) in [5, 5.41) is 20.7. The summed E-state index contributed by atoms with van der Waals surface area (Å²) in [5.41, 5.74) is 1.83. The van der Waals surface area contributed by atoms with Crippen LogP contribution in [0.2, 0.25) is 0 Å². The van der Waals surface area contributed by atoms with Gasteiger partial charge < -0.3 is 25.8 Å². The Kier molecular flexibility index (Phi) is 8.69. The average Bonchev–Trinajstić information content (AvgIpc) is 3.23. The normalized spacial score (nSPS) is 17.6. The molecule has 11 heteroatoms. The van der Waals surface area contributed by atoms with Gasteiger partial charge in [0.1, 0.15) is 0 Å². The van der Waals surface area contributed by atoms with Crippen molar-refractivity contribution in [2.45, 2.75) is 64.5 Å². The van der Waals surface area contributed by atoms with Gasteiger partial charge in [0.05, 0.1) is 21.7 Å². The number of hydrogen-bond donors (Lipinski definition) is 5. The van der Waals surface area contributed by atoms with Gasteiger partial charge in [0, 0.05) is 36.0 Å². The molecule has 0 radical (unpaired) electrons. The molecule has 0 unspecified atom stereocenters. The Morgan fingerprint density at radius 2 is 1.91 bits per heavy atom. The molecule has 4 amide bonds. The molecule has 1 aliphatic carbocycles. The number of aromatic nitrogens is 1. The molecule has 0 spiro atoms. The molecular weight excluding hydrogens is 458 g/mol. The van der Waals surface area contributed by atoms with Gasteiger partial charge in [0.25, 0.3) is 0 Å². The van der Waals surface area contributed by atoms with Crippen LogP contribution in [0.15, 0.2) is 24.4 Å². The topological polar surface area (TPSA) is 142 Å². The lowest BCUT2D eigenvalue weighted by molar-refractivity contribution is 0.130. The fourth-order valence-corrected chi connectivity index (χ4v) is 5.02. The van der Waals surface area contributed by atoms with E-state index in [1.807, 2.05) is 13.0 Å². The molecule has 1 aliphatic rings. The van der Waals surface area contributed by atoms with E-state index in [9.17, 15) is 14.4 Å². The number of urea groups is 1. The zero-order valence-corrected chi connectivity index (χ0v) is 20.3. The number of anilines is 2. The highest BCUT2D eigenvalue weighted by Crippen LogP contribution is 2.40. The monoisotopic (exact) mass is 489 g/mol. The Labute approximate surface area is 202 Å². The van der Waals surface area contributed by atoms with Crippen molar-refractivity contribution in [3.05, 3.63) is 29.4 Å². The lowest BCUT2D eigenvalue weighted by atomic mass is 9.86. The third-order valence-corrected chi connectivity index (χ3v) is 6.58. The van der Waals surface area contributed by atoms with Crippen molar-refractivity contribution in [3.8, 4) is 10.4 Å². The third-order valence-electron chi connectivity index (χ3n) is 5.39. The predicted molar refractivity (Wildman–Crippen MR) is 132 cm³/mol. The van der Waals surface area contributed by atoms with Crippen LogP contribution in [0.3, 0.4) is 0 Å². The van der Waals surface area contributed by atoms with E-state index in [-0.39, 0.29) is 24.1 Å². The molecule has 1 fully saturated rings. The zero-order chi connectivity index (χ0) is 24.7. The molecule has 5 N–H and O–H groups in total. The van der Waals surface area contributed by atoms with Crippen molar-refractivity contribution in [2.24, 2.45) is 0 Å². The first kappa shape index (κ1) is 25.3. The second-order valence-electron chi connectivity index (χ2n) is 8.38. The highest BCUT2D eigenvalue weighted by Gasteiger charge is 2.26. The molecule has 1 aromatic heterocycles. The smallest absolute Gasteiger partial charge is 0.411 e. The zero-order valence-electron chi connectivity index (χ0n) is 19.5. The van der Waals surface area contributed by atoms with Crippen molar-refractivity contribution >= 4 is 40.9 Å². The van der Waals surface area contributed by atoms with E-state index in [1.54, 1.807) is 43.5 Å². The van der Waals surface area contributed by atoms with E-state index in [1.165, 1.54) is 0 Å². The fraction of sp³-hybridized carbons (Fsp3) is 0.478. The number of carboxylic acid groups (broad SMARTS) is 1. The molecule has 0 atom stereocenters. The quantitative estimate of drug-likeness (QED) is 0.362. The van der Waals surface area contributed by atoms with E-state index in [2.05, 4.69) is 26.3 Å². The van der Waals surface area contributed by atoms with Crippen LogP contribution in [-0.2, 0) is 4.74 Å². The SMILES string of the molecule is CCNC(=O)Nc1cc(NC(=O)OC(C)C)ccc1-c1cnc(C2CCC(NC(=O)O)CC2)s1. The summed E-state index contributed by atoms with van der Waals surface area (Å²) >= 11 is 1.56. The van der Waals surface area contributed by atoms with Gasteiger partial charge in [-0.2, -0.15) is 0 Å². The average molecular weight is 490 g/mol. The summed E-state index contributed by atoms with van der Waals surface area (Å²) < 4.78 is 5.13. The first-order valence-electron chi connectivity index (χ1n) is 11.4. The van der Waals surface area contributed by atoms with Crippen LogP contribution in [0.1, 0.15) is 57.4 Å². The second kappa shape index (κ2) is 11.7. The lowest BCUT2D eigenvalue weighted by Crippen LogP contribution is -2.36. The maximum Gasteiger partial charge on any atom is 0.411 e. The molecule has 1 heterocycles. The minimum Gasteiger partial charge on any atom is -0.465 e. The van der Waals surface area contributed by atoms with Gasteiger partial charge in [-0.3, -0.25) is 5.32 Å². The van der Waals surface area contributed by atoms with Crippen LogP contribution in [0.25, 0.3) is 10.4 Å². The summed E-state index contributed by atoms with van der Waals surface area (Å²) in [4.78, 5) is 40.6. The standard InChI is InChI=1S/C23H31N5O5S/c1-4-24-21(29)28-18-11-16(27-23(32)33-13(2)3)9-10-17(18)19-12-25-20(34-19)14-5-7-15(8-6-14)26-22(30)31/h9-15,26H,4-8H2,1-3H3,(H,27,32)(H,30,31)(H2,24,28,29). The van der Waals surface area contributed by atoms with Gasteiger partial charge in [-0.25, -0.2) is 19.4 Å². The first-order valence-corrected chi connectivity index (χ1v) is 12.2. The number of thiazole rings is 1. The number of hydrogen-bond acceptors (Lipinski definition) is 6. The summed E-state index contributed by atoms with van der Waals surface area (Å²) in [7, 11) is 0. The summed E-state index contributed by atoms with van der Waals surface area (Å²) in [6.07, 6.45) is 3.27. The minimum absolute atomic E-state index is 0.0107. The number of nitrogens with zero attached hydrogens (tertiary/aromatic N) is 1. The van der Waals surface area contributed by atoms with Crippen LogP contribution in [0.4, 0.5) is 25.8 Å². The van der Waals surface area contributed by atoms with Crippen molar-refractivity contribution in [1.82, 2.24) is 15.6 Å². The summed E-state index contributed by atoms with van der Waals surface area (Å²) in [6, 6.07) is 4.91. The Morgan fingerprint density at radius 1 is 1.18 bits per heavy atom. The number of carbonyl (C=O) groups is 3. The van der Waals surface area contributed by atoms with Gasteiger partial charge in [-0.1, -0.05) is 0 Å². The van der Waals surface area contributed by atoms with E-state index in [0.717, 1.165) is 41.1 Å². The van der Waals surface area contributed by atoms with E-state index in [4.69, 9.17) is 9.84 Å². The maximum absolute atomic E-state index is 12.2. The minimum atomic E-state index is -0.984. The summed E-state index contributed by atoms with van der Waals surface area (Å²) in [5.74, 6) is 0.275. The first-order chi connectivity index (χ1) is 16.2. The summed E-state index contributed by atoms with van der Waals surface area (Å²) in [6.45, 7) is 5.84. The van der Waals surface area contributed by atoms with Crippen molar-refractivity contribution < 1.29 is 24.2 Å². The number of rotatable bonds is 7. The number of amides is 4. The van der Waals surface area contributed by atoms with Crippen molar-refractivity contribution in [1.29, 1.82) is 0 Å². The Balaban J connectivity index is 1.78. The Bertz CT molecular complexity index is 1020. The molecule has 2 aromatic rings. The van der Waals surface area contributed by atoms with Gasteiger partial charge in [-0.15, -0.1) is 11.3 Å². The molecule has 10 nitrogen and oxygen atoms in total. The van der Waals surface area contributed by atoms with Gasteiger partial charge >= 0.3 is 18.2 Å². The van der Waals surface area contributed by atoms with E-state index >= 15 is 0 Å². The lowest BCUT2D eigenvalue weighted by Gasteiger charge is -2.27.